The van der Waals surface area contributed by atoms with Crippen LogP contribution in [0.15, 0.2) is 12.5 Å². The van der Waals surface area contributed by atoms with Crippen molar-refractivity contribution < 1.29 is 5.11 Å². The molecule has 0 unspecified atom stereocenters. The van der Waals surface area contributed by atoms with E-state index in [2.05, 4.69) is 31.9 Å². The zero-order valence-corrected chi connectivity index (χ0v) is 11.3. The molecule has 0 aromatic carbocycles. The first-order valence-electron chi connectivity index (χ1n) is 5.43. The summed E-state index contributed by atoms with van der Waals surface area (Å²) in [6.07, 6.45) is 3.30. The Hall–Kier alpha value is -0.960. The number of rotatable bonds is 6. The van der Waals surface area contributed by atoms with E-state index in [1.807, 2.05) is 6.20 Å². The molecule has 0 saturated carbocycles. The van der Waals surface area contributed by atoms with Gasteiger partial charge < -0.3 is 21.1 Å². The van der Waals surface area contributed by atoms with Gasteiger partial charge in [0.2, 0.25) is 0 Å². The van der Waals surface area contributed by atoms with Gasteiger partial charge in [0.15, 0.2) is 5.82 Å². The van der Waals surface area contributed by atoms with Crippen molar-refractivity contribution in [3.8, 4) is 0 Å². The number of aliphatic hydroxyl groups is 1. The molecule has 18 heavy (non-hydrogen) atoms. The third-order valence-electron chi connectivity index (χ3n) is 2.65. The molecule has 0 bridgehead atoms. The van der Waals surface area contributed by atoms with Crippen LogP contribution in [-0.4, -0.2) is 38.5 Å². The van der Waals surface area contributed by atoms with Gasteiger partial charge in [-0.25, -0.2) is 9.97 Å². The number of fused-ring (bicyclic) bond motifs is 1. The minimum Gasteiger partial charge on any atom is -0.395 e. The van der Waals surface area contributed by atoms with Crippen LogP contribution in [0, 0.1) is 0 Å². The molecule has 1 atom stereocenters. The van der Waals surface area contributed by atoms with Crippen molar-refractivity contribution in [3.05, 3.63) is 18.1 Å². The van der Waals surface area contributed by atoms with E-state index < -0.39 is 0 Å². The van der Waals surface area contributed by atoms with Crippen LogP contribution in [0.3, 0.4) is 0 Å². The van der Waals surface area contributed by atoms with E-state index in [4.69, 9.17) is 5.73 Å². The van der Waals surface area contributed by atoms with Crippen LogP contribution in [-0.2, 0) is 6.54 Å². The van der Waals surface area contributed by atoms with Gasteiger partial charge in [0, 0.05) is 30.1 Å². The number of anilines is 1. The molecule has 6 nitrogen and oxygen atoms in total. The Balaban J connectivity index is 2.10. The van der Waals surface area contributed by atoms with Gasteiger partial charge in [0.1, 0.15) is 11.8 Å². The standard InChI is InChI=1S/C10H15N5OS2/c11-10-9-8(14-5-15-10)6(2-13-9)1-12-7(3-16)4-18-17/h2,5,7,12-13,16-17H,1,3-4H2,(H2,11,14,15)/t7-/m1/s1. The molecule has 0 saturated heterocycles. The number of aliphatic hydroxyl groups excluding tert-OH is 1. The van der Waals surface area contributed by atoms with Gasteiger partial charge in [-0.05, 0) is 0 Å². The average molecular weight is 285 g/mol. The molecule has 2 rings (SSSR count). The summed E-state index contributed by atoms with van der Waals surface area (Å²) in [6, 6.07) is 0.0108. The van der Waals surface area contributed by atoms with Gasteiger partial charge >= 0.3 is 0 Å². The Kier molecular flexibility index (Phi) is 4.70. The lowest BCUT2D eigenvalue weighted by atomic mass is 10.2. The largest absolute Gasteiger partial charge is 0.395 e. The molecule has 0 amide bonds. The van der Waals surface area contributed by atoms with E-state index in [0.29, 0.717) is 12.4 Å². The lowest BCUT2D eigenvalue weighted by Gasteiger charge is -2.13. The van der Waals surface area contributed by atoms with Crippen LogP contribution in [0.1, 0.15) is 5.56 Å². The Morgan fingerprint density at radius 2 is 2.39 bits per heavy atom. The molecule has 0 aliphatic carbocycles. The highest BCUT2D eigenvalue weighted by Crippen LogP contribution is 2.19. The van der Waals surface area contributed by atoms with Crippen LogP contribution in [0.25, 0.3) is 11.0 Å². The fourth-order valence-electron chi connectivity index (χ4n) is 1.67. The summed E-state index contributed by atoms with van der Waals surface area (Å²) in [4.78, 5) is 11.2. The Bertz CT molecular complexity index is 518. The summed E-state index contributed by atoms with van der Waals surface area (Å²) in [5, 5.41) is 12.4. The van der Waals surface area contributed by atoms with Crippen molar-refractivity contribution in [2.75, 3.05) is 18.1 Å². The second-order valence-corrected chi connectivity index (χ2v) is 5.22. The number of hydrogen-bond acceptors (Lipinski definition) is 7. The van der Waals surface area contributed by atoms with Crippen molar-refractivity contribution in [1.29, 1.82) is 0 Å². The quantitative estimate of drug-likeness (QED) is 0.393. The molecular formula is C10H15N5OS2. The lowest BCUT2D eigenvalue weighted by molar-refractivity contribution is 0.253. The summed E-state index contributed by atoms with van der Waals surface area (Å²) >= 11 is 4.08. The minimum absolute atomic E-state index is 0.0108. The number of nitrogens with one attached hydrogen (secondary N) is 2. The normalized spacial score (nSPS) is 13.0. The highest BCUT2D eigenvalue weighted by molar-refractivity contribution is 8.68. The molecule has 8 heteroatoms. The second-order valence-electron chi connectivity index (χ2n) is 3.85. The van der Waals surface area contributed by atoms with E-state index in [1.165, 1.54) is 17.1 Å². The minimum atomic E-state index is 0.0108. The number of nitrogen functional groups attached to an aromatic ring is 1. The van der Waals surface area contributed by atoms with Crippen molar-refractivity contribution in [2.24, 2.45) is 0 Å². The zero-order valence-electron chi connectivity index (χ0n) is 9.63. The van der Waals surface area contributed by atoms with E-state index in [9.17, 15) is 5.11 Å². The van der Waals surface area contributed by atoms with Gasteiger partial charge in [0.25, 0.3) is 0 Å². The van der Waals surface area contributed by atoms with Gasteiger partial charge in [-0.3, -0.25) is 0 Å². The Morgan fingerprint density at radius 3 is 3.11 bits per heavy atom. The van der Waals surface area contributed by atoms with Crippen molar-refractivity contribution in [1.82, 2.24) is 20.3 Å². The fourth-order valence-corrected chi connectivity index (χ4v) is 2.61. The van der Waals surface area contributed by atoms with E-state index in [0.717, 1.165) is 22.3 Å². The van der Waals surface area contributed by atoms with Crippen LogP contribution in [0.2, 0.25) is 0 Å². The Labute approximate surface area is 114 Å². The first-order chi connectivity index (χ1) is 8.76. The molecule has 5 N–H and O–H groups in total. The molecule has 0 aliphatic heterocycles. The lowest BCUT2D eigenvalue weighted by Crippen LogP contribution is -2.33. The number of aromatic amines is 1. The number of H-pyrrole nitrogens is 1. The Morgan fingerprint density at radius 1 is 1.56 bits per heavy atom. The van der Waals surface area contributed by atoms with Crippen LogP contribution < -0.4 is 11.1 Å². The number of thiol groups is 1. The van der Waals surface area contributed by atoms with Crippen LogP contribution >= 0.6 is 22.5 Å². The first kappa shape index (κ1) is 13.5. The second kappa shape index (κ2) is 6.28. The predicted molar refractivity (Wildman–Crippen MR) is 77.5 cm³/mol. The van der Waals surface area contributed by atoms with Gasteiger partial charge in [-0.1, -0.05) is 10.8 Å². The third kappa shape index (κ3) is 2.89. The third-order valence-corrected chi connectivity index (χ3v) is 3.65. The molecule has 98 valence electrons. The SMILES string of the molecule is Nc1ncnc2c(CN[C@H](CO)CSS)c[nH]c12. The number of nitrogens with two attached hydrogens (primary N) is 1. The summed E-state index contributed by atoms with van der Waals surface area (Å²) in [5.74, 6) is 1.18. The molecule has 2 heterocycles. The predicted octanol–water partition coefficient (Wildman–Crippen LogP) is 0.569. The van der Waals surface area contributed by atoms with Gasteiger partial charge in [-0.15, -0.1) is 11.7 Å². The maximum atomic E-state index is 9.18. The summed E-state index contributed by atoms with van der Waals surface area (Å²) < 4.78 is 0. The average Bonchev–Trinajstić information content (AvgIpc) is 2.79. The van der Waals surface area contributed by atoms with Crippen LogP contribution in [0.4, 0.5) is 5.82 Å². The highest BCUT2D eigenvalue weighted by atomic mass is 33.1. The van der Waals surface area contributed by atoms with Crippen molar-refractivity contribution >= 4 is 39.3 Å². The number of nitrogens with zero attached hydrogens (tertiary/aromatic N) is 2. The maximum Gasteiger partial charge on any atom is 0.151 e. The molecular weight excluding hydrogens is 270 g/mol. The summed E-state index contributed by atoms with van der Waals surface area (Å²) in [6.45, 7) is 0.684. The molecule has 0 fully saturated rings. The molecule has 2 aromatic heterocycles. The van der Waals surface area contributed by atoms with Crippen LogP contribution in [0.5, 0.6) is 0 Å². The smallest absolute Gasteiger partial charge is 0.151 e. The van der Waals surface area contributed by atoms with Gasteiger partial charge in [-0.2, -0.15) is 0 Å². The molecule has 0 spiro atoms. The van der Waals surface area contributed by atoms with Gasteiger partial charge in [0.05, 0.1) is 12.1 Å². The number of hydrogen-bond donors (Lipinski definition) is 5. The topological polar surface area (TPSA) is 99.8 Å². The molecule has 0 aliphatic rings. The maximum absolute atomic E-state index is 9.18. The zero-order chi connectivity index (χ0) is 13.0. The first-order valence-corrected chi connectivity index (χ1v) is 7.47. The number of aromatic nitrogens is 3. The van der Waals surface area contributed by atoms with E-state index >= 15 is 0 Å². The van der Waals surface area contributed by atoms with Crippen molar-refractivity contribution in [3.63, 3.8) is 0 Å². The van der Waals surface area contributed by atoms with E-state index in [-0.39, 0.29) is 12.6 Å². The monoisotopic (exact) mass is 285 g/mol. The summed E-state index contributed by atoms with van der Waals surface area (Å²) in [5.41, 5.74) is 8.30. The fraction of sp³-hybridized carbons (Fsp3) is 0.400. The summed E-state index contributed by atoms with van der Waals surface area (Å²) in [7, 11) is 1.40. The van der Waals surface area contributed by atoms with Crippen molar-refractivity contribution in [2.45, 2.75) is 12.6 Å². The highest BCUT2D eigenvalue weighted by Gasteiger charge is 2.10. The molecule has 2 aromatic rings. The molecule has 0 radical (unpaired) electrons. The van der Waals surface area contributed by atoms with E-state index in [1.54, 1.807) is 0 Å².